The summed E-state index contributed by atoms with van der Waals surface area (Å²) in [5.41, 5.74) is 0.404. The second-order valence-corrected chi connectivity index (χ2v) is 5.91. The maximum Gasteiger partial charge on any atom is 0.262 e. The van der Waals surface area contributed by atoms with Crippen molar-refractivity contribution in [2.24, 2.45) is 0 Å². The summed E-state index contributed by atoms with van der Waals surface area (Å²) >= 11 is 17.8. The highest BCUT2D eigenvalue weighted by atomic mass is 35.5. The van der Waals surface area contributed by atoms with E-state index in [2.05, 4.69) is 5.32 Å². The summed E-state index contributed by atoms with van der Waals surface area (Å²) in [5.74, 6) is 0.847. The minimum atomic E-state index is -0.398. The second-order valence-electron chi connectivity index (χ2n) is 4.63. The van der Waals surface area contributed by atoms with E-state index in [0.717, 1.165) is 0 Å². The molecule has 24 heavy (non-hydrogen) atoms. The molecule has 0 aliphatic heterocycles. The molecule has 2 aromatic carbocycles. The summed E-state index contributed by atoms with van der Waals surface area (Å²) in [6.07, 6.45) is 0. The van der Waals surface area contributed by atoms with E-state index < -0.39 is 5.91 Å². The predicted molar refractivity (Wildman–Crippen MR) is 95.1 cm³/mol. The molecule has 2 rings (SSSR count). The zero-order valence-corrected chi connectivity index (χ0v) is 15.1. The molecular weight excluding hydrogens is 377 g/mol. The van der Waals surface area contributed by atoms with Crippen LogP contribution in [0.5, 0.6) is 17.2 Å². The number of rotatable bonds is 6. The number of hydrogen-bond donors (Lipinski definition) is 1. The maximum atomic E-state index is 12.1. The number of anilines is 1. The van der Waals surface area contributed by atoms with Crippen LogP contribution in [0, 0.1) is 0 Å². The zero-order valence-electron chi connectivity index (χ0n) is 12.9. The van der Waals surface area contributed by atoms with Crippen LogP contribution in [0.2, 0.25) is 15.1 Å². The van der Waals surface area contributed by atoms with Gasteiger partial charge in [0.25, 0.3) is 5.91 Å². The largest absolute Gasteiger partial charge is 0.495 e. The van der Waals surface area contributed by atoms with E-state index in [1.54, 1.807) is 24.3 Å². The van der Waals surface area contributed by atoms with Gasteiger partial charge in [-0.25, -0.2) is 0 Å². The third-order valence-electron chi connectivity index (χ3n) is 2.95. The van der Waals surface area contributed by atoms with E-state index in [1.165, 1.54) is 20.3 Å². The van der Waals surface area contributed by atoms with Crippen molar-refractivity contribution >= 4 is 46.4 Å². The van der Waals surface area contributed by atoms with E-state index in [0.29, 0.717) is 38.0 Å². The number of halogens is 3. The first kappa shape index (κ1) is 18.5. The van der Waals surface area contributed by atoms with Gasteiger partial charge in [0.2, 0.25) is 0 Å². The molecule has 8 heteroatoms. The fraction of sp³-hybridized carbons (Fsp3) is 0.188. The average Bonchev–Trinajstić information content (AvgIpc) is 2.52. The Balaban J connectivity index is 2.05. The highest BCUT2D eigenvalue weighted by molar-refractivity contribution is 6.34. The van der Waals surface area contributed by atoms with E-state index in [1.807, 2.05) is 0 Å². The van der Waals surface area contributed by atoms with Gasteiger partial charge in [0.15, 0.2) is 6.61 Å². The Morgan fingerprint density at radius 1 is 0.958 bits per heavy atom. The Morgan fingerprint density at radius 2 is 1.58 bits per heavy atom. The van der Waals surface area contributed by atoms with Gasteiger partial charge in [0, 0.05) is 16.1 Å². The first-order valence-corrected chi connectivity index (χ1v) is 7.86. The van der Waals surface area contributed by atoms with Crippen molar-refractivity contribution in [3.63, 3.8) is 0 Å². The minimum Gasteiger partial charge on any atom is -0.495 e. The van der Waals surface area contributed by atoms with Gasteiger partial charge in [-0.2, -0.15) is 0 Å². The summed E-state index contributed by atoms with van der Waals surface area (Å²) in [4.78, 5) is 12.1. The molecule has 0 aliphatic rings. The Morgan fingerprint density at radius 3 is 2.17 bits per heavy atom. The second kappa shape index (κ2) is 8.33. The monoisotopic (exact) mass is 389 g/mol. The van der Waals surface area contributed by atoms with E-state index in [-0.39, 0.29) is 6.61 Å². The number of carbonyl (C=O) groups excluding carboxylic acids is 1. The molecule has 0 unspecified atom stereocenters. The lowest BCUT2D eigenvalue weighted by Crippen LogP contribution is -2.20. The van der Waals surface area contributed by atoms with Gasteiger partial charge in [0.05, 0.1) is 24.9 Å². The third-order valence-corrected chi connectivity index (χ3v) is 3.69. The molecule has 0 aromatic heterocycles. The normalized spacial score (nSPS) is 10.2. The molecule has 1 N–H and O–H groups in total. The molecule has 0 saturated carbocycles. The highest BCUT2D eigenvalue weighted by Crippen LogP contribution is 2.35. The topological polar surface area (TPSA) is 56.8 Å². The average molecular weight is 391 g/mol. The Kier molecular flexibility index (Phi) is 6.43. The number of nitrogens with one attached hydrogen (secondary N) is 1. The Labute approximate surface area is 154 Å². The van der Waals surface area contributed by atoms with E-state index in [9.17, 15) is 4.79 Å². The first-order valence-electron chi connectivity index (χ1n) is 6.73. The summed E-state index contributed by atoms with van der Waals surface area (Å²) in [6.45, 7) is -0.233. The highest BCUT2D eigenvalue weighted by Gasteiger charge is 2.13. The lowest BCUT2D eigenvalue weighted by atomic mass is 10.2. The van der Waals surface area contributed by atoms with Crippen molar-refractivity contribution in [2.45, 2.75) is 0 Å². The van der Waals surface area contributed by atoms with Crippen molar-refractivity contribution in [3.05, 3.63) is 45.4 Å². The molecule has 0 fully saturated rings. The lowest BCUT2D eigenvalue weighted by molar-refractivity contribution is -0.118. The van der Waals surface area contributed by atoms with Gasteiger partial charge in [0.1, 0.15) is 17.2 Å². The Bertz CT molecular complexity index is 732. The van der Waals surface area contributed by atoms with Crippen LogP contribution in [-0.2, 0) is 4.79 Å². The molecule has 0 saturated heterocycles. The van der Waals surface area contributed by atoms with Gasteiger partial charge >= 0.3 is 0 Å². The van der Waals surface area contributed by atoms with Crippen LogP contribution < -0.4 is 19.5 Å². The number of carbonyl (C=O) groups is 1. The molecule has 0 radical (unpaired) electrons. The smallest absolute Gasteiger partial charge is 0.262 e. The first-order chi connectivity index (χ1) is 11.4. The fourth-order valence-corrected chi connectivity index (χ4v) is 2.65. The van der Waals surface area contributed by atoms with Crippen LogP contribution in [-0.4, -0.2) is 26.7 Å². The maximum absolute atomic E-state index is 12.1. The summed E-state index contributed by atoms with van der Waals surface area (Å²) in [6, 6.07) is 7.81. The predicted octanol–water partition coefficient (Wildman–Crippen LogP) is 4.68. The van der Waals surface area contributed by atoms with Gasteiger partial charge in [-0.3, -0.25) is 4.79 Å². The molecule has 0 heterocycles. The Hall–Kier alpha value is -1.82. The number of benzene rings is 2. The van der Waals surface area contributed by atoms with Crippen LogP contribution in [0.1, 0.15) is 0 Å². The van der Waals surface area contributed by atoms with Crippen LogP contribution >= 0.6 is 34.8 Å². The van der Waals surface area contributed by atoms with Crippen molar-refractivity contribution in [3.8, 4) is 17.2 Å². The van der Waals surface area contributed by atoms with Crippen molar-refractivity contribution in [1.82, 2.24) is 0 Å². The molecule has 128 valence electrons. The molecule has 1 amide bonds. The van der Waals surface area contributed by atoms with E-state index >= 15 is 0 Å². The molecule has 0 bridgehead atoms. The van der Waals surface area contributed by atoms with Crippen molar-refractivity contribution < 1.29 is 19.0 Å². The van der Waals surface area contributed by atoms with E-state index in [4.69, 9.17) is 49.0 Å². The molecular formula is C16H14Cl3NO4. The number of methoxy groups -OCH3 is 2. The van der Waals surface area contributed by atoms with Gasteiger partial charge in [-0.1, -0.05) is 34.8 Å². The van der Waals surface area contributed by atoms with Crippen LogP contribution in [0.4, 0.5) is 5.69 Å². The van der Waals surface area contributed by atoms with Gasteiger partial charge in [-0.15, -0.1) is 0 Å². The molecule has 0 spiro atoms. The number of amides is 1. The van der Waals surface area contributed by atoms with Crippen molar-refractivity contribution in [2.75, 3.05) is 26.1 Å². The zero-order chi connectivity index (χ0) is 17.7. The lowest BCUT2D eigenvalue weighted by Gasteiger charge is -2.13. The molecule has 5 nitrogen and oxygen atoms in total. The summed E-state index contributed by atoms with van der Waals surface area (Å²) in [7, 11) is 2.96. The summed E-state index contributed by atoms with van der Waals surface area (Å²) in [5, 5.41) is 3.84. The van der Waals surface area contributed by atoms with Crippen molar-refractivity contribution in [1.29, 1.82) is 0 Å². The number of hydrogen-bond acceptors (Lipinski definition) is 4. The standard InChI is InChI=1S/C16H14Cl3NO4/c1-22-14-7-15(23-2)13(6-12(14)19)20-16(21)8-24-11-4-9(17)3-10(18)5-11/h3-7H,8H2,1-2H3,(H,20,21). The summed E-state index contributed by atoms with van der Waals surface area (Å²) < 4.78 is 15.7. The minimum absolute atomic E-state index is 0.233. The quantitative estimate of drug-likeness (QED) is 0.778. The van der Waals surface area contributed by atoms with Crippen LogP contribution in [0.25, 0.3) is 0 Å². The van der Waals surface area contributed by atoms with Gasteiger partial charge < -0.3 is 19.5 Å². The molecule has 2 aromatic rings. The SMILES string of the molecule is COc1cc(OC)c(NC(=O)COc2cc(Cl)cc(Cl)c2)cc1Cl. The molecule has 0 aliphatic carbocycles. The third kappa shape index (κ3) is 4.84. The number of ether oxygens (including phenoxy) is 3. The van der Waals surface area contributed by atoms with Crippen LogP contribution in [0.3, 0.4) is 0 Å². The van der Waals surface area contributed by atoms with Gasteiger partial charge in [-0.05, 0) is 24.3 Å². The molecule has 0 atom stereocenters. The van der Waals surface area contributed by atoms with Crippen LogP contribution in [0.15, 0.2) is 30.3 Å². The fourth-order valence-electron chi connectivity index (χ4n) is 1.90.